The average molecular weight is 483 g/mol. The first-order valence-corrected chi connectivity index (χ1v) is 11.9. The Hall–Kier alpha value is -2.10. The van der Waals surface area contributed by atoms with Crippen LogP contribution < -0.4 is 4.74 Å². The highest BCUT2D eigenvalue weighted by atomic mass is 32.1. The second-order valence-corrected chi connectivity index (χ2v) is 10.7. The maximum absolute atomic E-state index is 12.8. The number of piperidine rings is 1. The summed E-state index contributed by atoms with van der Waals surface area (Å²) < 4.78 is 36.2. The zero-order chi connectivity index (χ0) is 24.2. The Morgan fingerprint density at radius 3 is 2.73 bits per heavy atom. The molecule has 1 aromatic carbocycles. The third-order valence-corrected chi connectivity index (χ3v) is 7.03. The molecular weight excluding hydrogens is 450 g/mol. The third kappa shape index (κ3) is 6.28. The smallest absolute Gasteiger partial charge is 0.387 e. The van der Waals surface area contributed by atoms with Gasteiger partial charge < -0.3 is 14.6 Å². The average Bonchev–Trinajstić information content (AvgIpc) is 3.19. The minimum absolute atomic E-state index is 0.0888. The molecule has 3 rings (SSSR count). The molecule has 2 heterocycles. The standard InChI is InChI=1S/C24H32F2N2O4S/c1-5-10-31-24(21(29)30)11-16(23(2,3)4)13-28(15-24)14-20-27-12-19(33-20)17-8-6-7-9-18(17)32-22(25)26/h6-9,12,16,22H,5,10-11,13-15H2,1-4H3,(H,29,30)/t16-,24+/m1/s1. The number of thiazole rings is 1. The van der Waals surface area contributed by atoms with Crippen LogP contribution in [-0.2, 0) is 16.1 Å². The lowest BCUT2D eigenvalue weighted by atomic mass is 9.71. The van der Waals surface area contributed by atoms with Crippen LogP contribution in [-0.4, -0.2) is 52.9 Å². The Balaban J connectivity index is 1.84. The van der Waals surface area contributed by atoms with E-state index in [1.165, 1.54) is 17.4 Å². The van der Waals surface area contributed by atoms with Crippen LogP contribution in [0.15, 0.2) is 30.5 Å². The summed E-state index contributed by atoms with van der Waals surface area (Å²) in [5.41, 5.74) is -0.794. The summed E-state index contributed by atoms with van der Waals surface area (Å²) in [6, 6.07) is 6.63. The fourth-order valence-electron chi connectivity index (χ4n) is 4.15. The van der Waals surface area contributed by atoms with Crippen molar-refractivity contribution >= 4 is 17.3 Å². The van der Waals surface area contributed by atoms with E-state index >= 15 is 0 Å². The Kier molecular flexibility index (Phi) is 8.08. The summed E-state index contributed by atoms with van der Waals surface area (Å²) >= 11 is 1.39. The van der Waals surface area contributed by atoms with Crippen LogP contribution in [0.4, 0.5) is 8.78 Å². The number of aromatic nitrogens is 1. The highest BCUT2D eigenvalue weighted by Gasteiger charge is 2.49. The molecule has 1 aliphatic heterocycles. The lowest BCUT2D eigenvalue weighted by Crippen LogP contribution is -2.59. The van der Waals surface area contributed by atoms with Crippen molar-refractivity contribution in [1.29, 1.82) is 0 Å². The van der Waals surface area contributed by atoms with Crippen molar-refractivity contribution in [2.45, 2.75) is 59.3 Å². The lowest BCUT2D eigenvalue weighted by molar-refractivity contribution is -0.181. The van der Waals surface area contributed by atoms with Gasteiger partial charge in [0.1, 0.15) is 10.8 Å². The number of nitrogens with zero attached hydrogens (tertiary/aromatic N) is 2. The summed E-state index contributed by atoms with van der Waals surface area (Å²) in [6.07, 6.45) is 2.85. The first-order chi connectivity index (χ1) is 15.5. The molecule has 1 aromatic heterocycles. The van der Waals surface area contributed by atoms with E-state index in [0.29, 0.717) is 25.1 Å². The van der Waals surface area contributed by atoms with Gasteiger partial charge in [-0.2, -0.15) is 8.78 Å². The van der Waals surface area contributed by atoms with Gasteiger partial charge in [-0.25, -0.2) is 9.78 Å². The predicted molar refractivity (Wildman–Crippen MR) is 124 cm³/mol. The van der Waals surface area contributed by atoms with Crippen molar-refractivity contribution < 1.29 is 28.2 Å². The van der Waals surface area contributed by atoms with Gasteiger partial charge in [-0.3, -0.25) is 4.90 Å². The van der Waals surface area contributed by atoms with Gasteiger partial charge in [0, 0.05) is 31.5 Å². The Bertz CT molecular complexity index is 947. The maximum Gasteiger partial charge on any atom is 0.387 e. The number of ether oxygens (including phenoxy) is 2. The van der Waals surface area contributed by atoms with Gasteiger partial charge in [0.2, 0.25) is 0 Å². The topological polar surface area (TPSA) is 71.9 Å². The molecule has 0 aliphatic carbocycles. The van der Waals surface area contributed by atoms with E-state index in [1.807, 2.05) is 6.92 Å². The third-order valence-electron chi connectivity index (χ3n) is 6.01. The fraction of sp³-hybridized carbons (Fsp3) is 0.583. The van der Waals surface area contributed by atoms with E-state index in [4.69, 9.17) is 4.74 Å². The summed E-state index contributed by atoms with van der Waals surface area (Å²) in [5.74, 6) is -0.710. The number of alkyl halides is 2. The highest BCUT2D eigenvalue weighted by Crippen LogP contribution is 2.40. The van der Waals surface area contributed by atoms with E-state index in [9.17, 15) is 18.7 Å². The van der Waals surface area contributed by atoms with Crippen LogP contribution in [0.1, 0.15) is 45.5 Å². The minimum Gasteiger partial charge on any atom is -0.479 e. The molecular formula is C24H32F2N2O4S. The molecule has 182 valence electrons. The number of hydrogen-bond acceptors (Lipinski definition) is 6. The molecule has 0 saturated carbocycles. The molecule has 6 nitrogen and oxygen atoms in total. The number of hydrogen-bond donors (Lipinski definition) is 1. The molecule has 1 saturated heterocycles. The van der Waals surface area contributed by atoms with Gasteiger partial charge >= 0.3 is 12.6 Å². The zero-order valence-electron chi connectivity index (χ0n) is 19.5. The van der Waals surface area contributed by atoms with Crippen molar-refractivity contribution in [2.24, 2.45) is 11.3 Å². The van der Waals surface area contributed by atoms with E-state index in [-0.39, 0.29) is 23.6 Å². The number of likely N-dealkylation sites (tertiary alicyclic amines) is 1. The molecule has 1 N–H and O–H groups in total. The number of carboxylic acid groups (broad SMARTS) is 1. The Morgan fingerprint density at radius 2 is 2.09 bits per heavy atom. The minimum atomic E-state index is -2.91. The molecule has 33 heavy (non-hydrogen) atoms. The van der Waals surface area contributed by atoms with Gasteiger partial charge in [0.15, 0.2) is 5.60 Å². The first kappa shape index (κ1) is 25.5. The maximum atomic E-state index is 12.8. The number of aliphatic carboxylic acids is 1. The molecule has 1 fully saturated rings. The van der Waals surface area contributed by atoms with Gasteiger partial charge in [-0.15, -0.1) is 11.3 Å². The molecule has 2 atom stereocenters. The number of halogens is 2. The number of benzene rings is 1. The van der Waals surface area contributed by atoms with Crippen molar-refractivity contribution in [1.82, 2.24) is 9.88 Å². The summed E-state index contributed by atoms with van der Waals surface area (Å²) in [5, 5.41) is 10.9. The number of para-hydroxylation sites is 1. The van der Waals surface area contributed by atoms with Crippen molar-refractivity contribution in [3.8, 4) is 16.2 Å². The molecule has 1 aliphatic rings. The van der Waals surface area contributed by atoms with Gasteiger partial charge in [-0.05, 0) is 36.3 Å². The van der Waals surface area contributed by atoms with E-state index in [2.05, 4.69) is 35.4 Å². The molecule has 0 unspecified atom stereocenters. The fourth-order valence-corrected chi connectivity index (χ4v) is 5.14. The molecule has 9 heteroatoms. The van der Waals surface area contributed by atoms with E-state index < -0.39 is 18.2 Å². The van der Waals surface area contributed by atoms with Crippen molar-refractivity contribution in [2.75, 3.05) is 19.7 Å². The van der Waals surface area contributed by atoms with Gasteiger partial charge in [0.05, 0.1) is 11.4 Å². The summed E-state index contributed by atoms with van der Waals surface area (Å²) in [4.78, 5) is 19.6. The van der Waals surface area contributed by atoms with Crippen LogP contribution >= 0.6 is 11.3 Å². The van der Waals surface area contributed by atoms with Crippen LogP contribution in [0.2, 0.25) is 0 Å². The number of rotatable bonds is 9. The second kappa shape index (κ2) is 10.4. The van der Waals surface area contributed by atoms with Crippen LogP contribution in [0.3, 0.4) is 0 Å². The van der Waals surface area contributed by atoms with Crippen LogP contribution in [0.5, 0.6) is 5.75 Å². The molecule has 0 spiro atoms. The second-order valence-electron chi connectivity index (χ2n) is 9.58. The number of carboxylic acids is 1. The normalized spacial score (nSPS) is 22.0. The monoisotopic (exact) mass is 482 g/mol. The molecule has 2 aromatic rings. The lowest BCUT2D eigenvalue weighted by Gasteiger charge is -2.47. The summed E-state index contributed by atoms with van der Waals surface area (Å²) in [6.45, 7) is 7.26. The highest BCUT2D eigenvalue weighted by molar-refractivity contribution is 7.15. The molecule has 0 amide bonds. The molecule has 0 radical (unpaired) electrons. The summed E-state index contributed by atoms with van der Waals surface area (Å²) in [7, 11) is 0. The predicted octanol–water partition coefficient (Wildman–Crippen LogP) is 5.53. The van der Waals surface area contributed by atoms with Crippen molar-refractivity contribution in [3.05, 3.63) is 35.5 Å². The van der Waals surface area contributed by atoms with Gasteiger partial charge in [-0.1, -0.05) is 39.8 Å². The first-order valence-electron chi connectivity index (χ1n) is 11.1. The van der Waals surface area contributed by atoms with E-state index in [1.54, 1.807) is 24.4 Å². The zero-order valence-corrected chi connectivity index (χ0v) is 20.3. The Labute approximate surface area is 197 Å². The quantitative estimate of drug-likeness (QED) is 0.507. The number of carbonyl (C=O) groups is 1. The van der Waals surface area contributed by atoms with E-state index in [0.717, 1.165) is 22.9 Å². The van der Waals surface area contributed by atoms with Crippen LogP contribution in [0.25, 0.3) is 10.4 Å². The van der Waals surface area contributed by atoms with Crippen molar-refractivity contribution in [3.63, 3.8) is 0 Å². The van der Waals surface area contributed by atoms with Crippen LogP contribution in [0, 0.1) is 11.3 Å². The Morgan fingerprint density at radius 1 is 1.36 bits per heavy atom. The SMILES string of the molecule is CCCO[C@@]1(C(=O)O)C[C@@H](C(C)(C)C)CN(Cc2ncc(-c3ccccc3OC(F)F)s2)C1. The van der Waals surface area contributed by atoms with Gasteiger partial charge in [0.25, 0.3) is 0 Å². The largest absolute Gasteiger partial charge is 0.479 e. The molecule has 0 bridgehead atoms.